The number of hydrogen-bond donors (Lipinski definition) is 1. The molecule has 2 rings (SSSR count). The van der Waals surface area contributed by atoms with Gasteiger partial charge in [-0.1, -0.05) is 31.2 Å². The van der Waals surface area contributed by atoms with E-state index < -0.39 is 11.6 Å². The molecule has 1 unspecified atom stereocenters. The van der Waals surface area contributed by atoms with Gasteiger partial charge in [-0.2, -0.15) is 0 Å². The lowest BCUT2D eigenvalue weighted by Crippen LogP contribution is -2.14. The summed E-state index contributed by atoms with van der Waals surface area (Å²) in [6.07, 6.45) is 0.976. The van der Waals surface area contributed by atoms with Gasteiger partial charge in [0.1, 0.15) is 11.6 Å². The minimum atomic E-state index is -0.429. The van der Waals surface area contributed by atoms with Crippen LogP contribution in [0.15, 0.2) is 42.5 Å². The highest BCUT2D eigenvalue weighted by Crippen LogP contribution is 2.26. The third-order valence-electron chi connectivity index (χ3n) is 3.31. The Morgan fingerprint density at radius 1 is 1.05 bits per heavy atom. The fourth-order valence-electron chi connectivity index (χ4n) is 2.22. The molecular weight excluding hydrogens is 244 g/mol. The maximum atomic E-state index is 13.7. The van der Waals surface area contributed by atoms with Crippen LogP contribution >= 0.6 is 0 Å². The Morgan fingerprint density at radius 3 is 2.32 bits per heavy atom. The zero-order valence-electron chi connectivity index (χ0n) is 11.1. The fraction of sp³-hybridized carbons (Fsp3) is 0.250. The van der Waals surface area contributed by atoms with E-state index >= 15 is 0 Å². The number of hydrogen-bond acceptors (Lipinski definition) is 1. The predicted octanol–water partition coefficient (Wildman–Crippen LogP) is 4.30. The quantitative estimate of drug-likeness (QED) is 0.865. The molecule has 2 aromatic rings. The van der Waals surface area contributed by atoms with Crippen molar-refractivity contribution in [1.29, 1.82) is 0 Å². The van der Waals surface area contributed by atoms with Gasteiger partial charge >= 0.3 is 0 Å². The topological polar surface area (TPSA) is 12.0 Å². The van der Waals surface area contributed by atoms with Crippen LogP contribution in [0.5, 0.6) is 0 Å². The Bertz CT molecular complexity index is 545. The molecule has 0 spiro atoms. The molecule has 2 aromatic carbocycles. The molecule has 0 bridgehead atoms. The Labute approximate surface area is 112 Å². The third kappa shape index (κ3) is 2.99. The minimum Gasteiger partial charge on any atom is -0.313 e. The second-order valence-corrected chi connectivity index (χ2v) is 4.50. The van der Waals surface area contributed by atoms with Crippen molar-refractivity contribution in [1.82, 2.24) is 5.32 Å². The lowest BCUT2D eigenvalue weighted by atomic mass is 9.99. The lowest BCUT2D eigenvalue weighted by molar-refractivity contribution is 0.577. The van der Waals surface area contributed by atoms with Gasteiger partial charge in [-0.05, 0) is 42.8 Å². The van der Waals surface area contributed by atoms with Crippen LogP contribution in [-0.2, 0) is 0 Å². The van der Waals surface area contributed by atoms with Crippen molar-refractivity contribution in [3.05, 3.63) is 59.7 Å². The van der Waals surface area contributed by atoms with Crippen LogP contribution in [0, 0.1) is 11.6 Å². The van der Waals surface area contributed by atoms with E-state index in [0.717, 1.165) is 24.1 Å². The minimum absolute atomic E-state index is 0.284. The summed E-state index contributed by atoms with van der Waals surface area (Å²) >= 11 is 0. The molecule has 1 nitrogen and oxygen atoms in total. The Hall–Kier alpha value is -1.74. The molecule has 0 heterocycles. The van der Waals surface area contributed by atoms with Gasteiger partial charge in [0, 0.05) is 11.6 Å². The van der Waals surface area contributed by atoms with E-state index in [-0.39, 0.29) is 6.04 Å². The van der Waals surface area contributed by atoms with Gasteiger partial charge in [0.05, 0.1) is 0 Å². The predicted molar refractivity (Wildman–Crippen MR) is 73.9 cm³/mol. The lowest BCUT2D eigenvalue weighted by Gasteiger charge is -2.14. The highest BCUT2D eigenvalue weighted by atomic mass is 19.1. The van der Waals surface area contributed by atoms with Crippen molar-refractivity contribution in [3.63, 3.8) is 0 Å². The first-order valence-electron chi connectivity index (χ1n) is 6.38. The first-order valence-corrected chi connectivity index (χ1v) is 6.38. The molecule has 0 saturated carbocycles. The van der Waals surface area contributed by atoms with Crippen LogP contribution in [-0.4, -0.2) is 7.05 Å². The number of rotatable bonds is 4. The summed E-state index contributed by atoms with van der Waals surface area (Å²) in [5.41, 5.74) is 2.13. The molecular formula is C16H17F2N. The number of halogens is 2. The standard InChI is InChI=1S/C16H17F2N/c1-3-16(19-2)12-6-4-11(5-7-12)14-10-13(17)8-9-15(14)18/h4-10,16,19H,3H2,1-2H3. The molecule has 0 aliphatic carbocycles. The second kappa shape index (κ2) is 5.93. The summed E-state index contributed by atoms with van der Waals surface area (Å²) in [5.74, 6) is -0.836. The summed E-state index contributed by atoms with van der Waals surface area (Å²) in [4.78, 5) is 0. The van der Waals surface area contributed by atoms with Crippen molar-refractivity contribution in [3.8, 4) is 11.1 Å². The van der Waals surface area contributed by atoms with Crippen LogP contribution in [0.2, 0.25) is 0 Å². The Kier molecular flexibility index (Phi) is 4.27. The van der Waals surface area contributed by atoms with Crippen molar-refractivity contribution in [2.24, 2.45) is 0 Å². The zero-order chi connectivity index (χ0) is 13.8. The summed E-state index contributed by atoms with van der Waals surface area (Å²) in [7, 11) is 1.91. The van der Waals surface area contributed by atoms with E-state index in [4.69, 9.17) is 0 Å². The maximum Gasteiger partial charge on any atom is 0.131 e. The van der Waals surface area contributed by atoms with E-state index in [1.165, 1.54) is 6.07 Å². The van der Waals surface area contributed by atoms with E-state index in [0.29, 0.717) is 11.1 Å². The summed E-state index contributed by atoms with van der Waals surface area (Å²) in [6.45, 7) is 2.10. The van der Waals surface area contributed by atoms with Crippen LogP contribution in [0.25, 0.3) is 11.1 Å². The molecule has 100 valence electrons. The molecule has 1 atom stereocenters. The van der Waals surface area contributed by atoms with Crippen LogP contribution in [0.4, 0.5) is 8.78 Å². The molecule has 0 saturated heterocycles. The number of benzene rings is 2. The summed E-state index contributed by atoms with van der Waals surface area (Å²) in [6, 6.07) is 11.3. The van der Waals surface area contributed by atoms with Gasteiger partial charge < -0.3 is 5.32 Å². The van der Waals surface area contributed by atoms with Crippen LogP contribution in [0.3, 0.4) is 0 Å². The van der Waals surface area contributed by atoms with Crippen molar-refractivity contribution < 1.29 is 8.78 Å². The fourth-order valence-corrected chi connectivity index (χ4v) is 2.22. The van der Waals surface area contributed by atoms with E-state index in [1.807, 2.05) is 31.3 Å². The molecule has 1 N–H and O–H groups in total. The van der Waals surface area contributed by atoms with Gasteiger partial charge in [-0.15, -0.1) is 0 Å². The van der Waals surface area contributed by atoms with Gasteiger partial charge in [-0.3, -0.25) is 0 Å². The Morgan fingerprint density at radius 2 is 1.74 bits per heavy atom. The van der Waals surface area contributed by atoms with Gasteiger partial charge in [0.25, 0.3) is 0 Å². The number of nitrogens with one attached hydrogen (secondary N) is 1. The molecule has 19 heavy (non-hydrogen) atoms. The zero-order valence-corrected chi connectivity index (χ0v) is 11.1. The monoisotopic (exact) mass is 261 g/mol. The first kappa shape index (κ1) is 13.7. The molecule has 0 aliphatic heterocycles. The molecule has 0 fully saturated rings. The Balaban J connectivity index is 2.34. The average molecular weight is 261 g/mol. The van der Waals surface area contributed by atoms with E-state index in [2.05, 4.69) is 12.2 Å². The molecule has 3 heteroatoms. The van der Waals surface area contributed by atoms with Crippen molar-refractivity contribution >= 4 is 0 Å². The summed E-state index contributed by atoms with van der Waals surface area (Å²) < 4.78 is 26.8. The van der Waals surface area contributed by atoms with Crippen LogP contribution < -0.4 is 5.32 Å². The largest absolute Gasteiger partial charge is 0.313 e. The molecule has 0 radical (unpaired) electrons. The van der Waals surface area contributed by atoms with Gasteiger partial charge in [0.15, 0.2) is 0 Å². The smallest absolute Gasteiger partial charge is 0.131 e. The normalized spacial score (nSPS) is 12.4. The molecule has 0 amide bonds. The van der Waals surface area contributed by atoms with Gasteiger partial charge in [-0.25, -0.2) is 8.78 Å². The molecule has 0 aromatic heterocycles. The molecule has 0 aliphatic rings. The maximum absolute atomic E-state index is 13.7. The van der Waals surface area contributed by atoms with Crippen molar-refractivity contribution in [2.45, 2.75) is 19.4 Å². The third-order valence-corrected chi connectivity index (χ3v) is 3.31. The van der Waals surface area contributed by atoms with Gasteiger partial charge in [0.2, 0.25) is 0 Å². The highest BCUT2D eigenvalue weighted by Gasteiger charge is 2.09. The average Bonchev–Trinajstić information content (AvgIpc) is 2.44. The SMILES string of the molecule is CCC(NC)c1ccc(-c2cc(F)ccc2F)cc1. The van der Waals surface area contributed by atoms with E-state index in [9.17, 15) is 8.78 Å². The summed E-state index contributed by atoms with van der Waals surface area (Å²) in [5, 5.41) is 3.21. The first-order chi connectivity index (χ1) is 9.15. The van der Waals surface area contributed by atoms with E-state index in [1.54, 1.807) is 0 Å². The van der Waals surface area contributed by atoms with Crippen molar-refractivity contribution in [2.75, 3.05) is 7.05 Å². The van der Waals surface area contributed by atoms with Crippen LogP contribution in [0.1, 0.15) is 24.9 Å². The highest BCUT2D eigenvalue weighted by molar-refractivity contribution is 5.64. The second-order valence-electron chi connectivity index (χ2n) is 4.50.